The lowest BCUT2D eigenvalue weighted by molar-refractivity contribution is 1.17. The van der Waals surface area contributed by atoms with Gasteiger partial charge in [-0.25, -0.2) is 9.97 Å². The molecule has 0 atom stereocenters. The largest absolute Gasteiger partial charge is 0.384 e. The Bertz CT molecular complexity index is 513. The third kappa shape index (κ3) is 2.30. The van der Waals surface area contributed by atoms with Gasteiger partial charge in [-0.05, 0) is 24.6 Å². The predicted octanol–water partition coefficient (Wildman–Crippen LogP) is 2.87. The fourth-order valence-corrected chi connectivity index (χ4v) is 1.69. The van der Waals surface area contributed by atoms with E-state index in [1.807, 2.05) is 25.1 Å². The third-order valence-electron chi connectivity index (χ3n) is 2.22. The Morgan fingerprint density at radius 1 is 1.31 bits per heavy atom. The summed E-state index contributed by atoms with van der Waals surface area (Å²) in [5.41, 5.74) is 7.70. The molecule has 0 fully saturated rings. The third-order valence-corrected chi connectivity index (χ3v) is 3.08. The molecular formula is C11H11BrN4. The maximum Gasteiger partial charge on any atom is 0.135 e. The summed E-state index contributed by atoms with van der Waals surface area (Å²) in [6, 6.07) is 7.64. The van der Waals surface area contributed by atoms with E-state index in [9.17, 15) is 0 Å². The van der Waals surface area contributed by atoms with E-state index in [2.05, 4.69) is 31.2 Å². The molecule has 0 unspecified atom stereocenters. The van der Waals surface area contributed by atoms with Crippen molar-refractivity contribution in [2.45, 2.75) is 6.92 Å². The maximum absolute atomic E-state index is 5.58. The van der Waals surface area contributed by atoms with Gasteiger partial charge in [-0.3, -0.25) is 0 Å². The quantitative estimate of drug-likeness (QED) is 0.887. The van der Waals surface area contributed by atoms with Crippen molar-refractivity contribution < 1.29 is 0 Å². The van der Waals surface area contributed by atoms with E-state index < -0.39 is 0 Å². The Labute approximate surface area is 102 Å². The van der Waals surface area contributed by atoms with Crippen molar-refractivity contribution in [2.75, 3.05) is 11.1 Å². The van der Waals surface area contributed by atoms with Crippen LogP contribution < -0.4 is 11.1 Å². The molecule has 5 heteroatoms. The summed E-state index contributed by atoms with van der Waals surface area (Å²) in [6.45, 7) is 2.02. The number of aromatic nitrogens is 2. The summed E-state index contributed by atoms with van der Waals surface area (Å²) in [5.74, 6) is 1.14. The van der Waals surface area contributed by atoms with Crippen molar-refractivity contribution in [3.8, 4) is 0 Å². The van der Waals surface area contributed by atoms with Crippen LogP contribution in [0.4, 0.5) is 17.3 Å². The van der Waals surface area contributed by atoms with Crippen molar-refractivity contribution >= 4 is 33.3 Å². The SMILES string of the molecule is Cc1c(Br)cccc1Nc1cc(N)ncn1. The summed E-state index contributed by atoms with van der Waals surface area (Å²) in [5, 5.41) is 3.19. The molecule has 0 bridgehead atoms. The van der Waals surface area contributed by atoms with E-state index in [0.29, 0.717) is 11.6 Å². The van der Waals surface area contributed by atoms with Gasteiger partial charge in [0.2, 0.25) is 0 Å². The van der Waals surface area contributed by atoms with Crippen molar-refractivity contribution in [1.82, 2.24) is 9.97 Å². The molecule has 16 heavy (non-hydrogen) atoms. The molecule has 0 saturated heterocycles. The molecule has 0 aliphatic heterocycles. The van der Waals surface area contributed by atoms with Crippen LogP contribution in [0.2, 0.25) is 0 Å². The molecule has 0 aliphatic rings. The summed E-state index contributed by atoms with van der Waals surface area (Å²) in [6.07, 6.45) is 1.44. The molecule has 2 aromatic rings. The van der Waals surface area contributed by atoms with Gasteiger partial charge in [-0.2, -0.15) is 0 Å². The van der Waals surface area contributed by atoms with Crippen LogP contribution in [0.1, 0.15) is 5.56 Å². The van der Waals surface area contributed by atoms with Gasteiger partial charge >= 0.3 is 0 Å². The van der Waals surface area contributed by atoms with E-state index in [0.717, 1.165) is 15.7 Å². The van der Waals surface area contributed by atoms with Crippen molar-refractivity contribution in [3.05, 3.63) is 40.6 Å². The zero-order valence-corrected chi connectivity index (χ0v) is 10.3. The van der Waals surface area contributed by atoms with Crippen molar-refractivity contribution in [1.29, 1.82) is 0 Å². The normalized spacial score (nSPS) is 10.1. The van der Waals surface area contributed by atoms with Crippen LogP contribution in [0.3, 0.4) is 0 Å². The average Bonchev–Trinajstić information content (AvgIpc) is 2.25. The molecule has 0 amide bonds. The highest BCUT2D eigenvalue weighted by Gasteiger charge is 2.02. The van der Waals surface area contributed by atoms with Crippen LogP contribution in [0.5, 0.6) is 0 Å². The van der Waals surface area contributed by atoms with Crippen LogP contribution in [-0.2, 0) is 0 Å². The van der Waals surface area contributed by atoms with Crippen LogP contribution in [0.25, 0.3) is 0 Å². The number of benzene rings is 1. The highest BCUT2D eigenvalue weighted by molar-refractivity contribution is 9.10. The van der Waals surface area contributed by atoms with E-state index in [4.69, 9.17) is 5.73 Å². The Hall–Kier alpha value is -1.62. The standard InChI is InChI=1S/C11H11BrN4/c1-7-8(12)3-2-4-9(7)16-11-5-10(13)14-6-15-11/h2-6H,1H3,(H3,13,14,15,16). The second-order valence-corrected chi connectivity index (χ2v) is 4.22. The minimum absolute atomic E-state index is 0.449. The Balaban J connectivity index is 2.31. The molecule has 1 aromatic carbocycles. The van der Waals surface area contributed by atoms with Gasteiger partial charge < -0.3 is 11.1 Å². The average molecular weight is 279 g/mol. The number of hydrogen-bond donors (Lipinski definition) is 2. The summed E-state index contributed by atoms with van der Waals surface area (Å²) in [7, 11) is 0. The molecule has 0 saturated carbocycles. The first kappa shape index (κ1) is 10.9. The molecule has 1 aromatic heterocycles. The smallest absolute Gasteiger partial charge is 0.135 e. The van der Waals surface area contributed by atoms with Gasteiger partial charge in [0, 0.05) is 16.2 Å². The van der Waals surface area contributed by atoms with Crippen LogP contribution in [0.15, 0.2) is 35.1 Å². The second kappa shape index (κ2) is 4.49. The highest BCUT2D eigenvalue weighted by Crippen LogP contribution is 2.25. The first-order valence-corrected chi connectivity index (χ1v) is 5.56. The lowest BCUT2D eigenvalue weighted by Crippen LogP contribution is -1.98. The van der Waals surface area contributed by atoms with Crippen LogP contribution in [0, 0.1) is 6.92 Å². The number of rotatable bonds is 2. The lowest BCUT2D eigenvalue weighted by atomic mass is 10.2. The Morgan fingerprint density at radius 2 is 2.12 bits per heavy atom. The number of nitrogens with one attached hydrogen (secondary N) is 1. The number of nitrogens with zero attached hydrogens (tertiary/aromatic N) is 2. The van der Waals surface area contributed by atoms with E-state index in [1.54, 1.807) is 6.07 Å². The number of nitrogen functional groups attached to an aromatic ring is 1. The second-order valence-electron chi connectivity index (χ2n) is 3.37. The first-order valence-electron chi connectivity index (χ1n) is 4.76. The van der Waals surface area contributed by atoms with Crippen molar-refractivity contribution in [2.24, 2.45) is 0 Å². The van der Waals surface area contributed by atoms with Crippen LogP contribution >= 0.6 is 15.9 Å². The van der Waals surface area contributed by atoms with Gasteiger partial charge in [0.05, 0.1) is 0 Å². The van der Waals surface area contributed by atoms with Gasteiger partial charge in [-0.15, -0.1) is 0 Å². The van der Waals surface area contributed by atoms with Gasteiger partial charge in [0.1, 0.15) is 18.0 Å². The minimum Gasteiger partial charge on any atom is -0.384 e. The van der Waals surface area contributed by atoms with Gasteiger partial charge in [0.25, 0.3) is 0 Å². The van der Waals surface area contributed by atoms with E-state index in [-0.39, 0.29) is 0 Å². The first-order chi connectivity index (χ1) is 7.66. The number of halogens is 1. The molecule has 4 nitrogen and oxygen atoms in total. The molecule has 0 spiro atoms. The molecule has 82 valence electrons. The fraction of sp³-hybridized carbons (Fsp3) is 0.0909. The Morgan fingerprint density at radius 3 is 2.88 bits per heavy atom. The number of anilines is 3. The molecule has 0 aliphatic carbocycles. The molecule has 2 rings (SSSR count). The summed E-state index contributed by atoms with van der Waals surface area (Å²) in [4.78, 5) is 7.93. The fourth-order valence-electron chi connectivity index (χ4n) is 1.32. The number of nitrogens with two attached hydrogens (primary N) is 1. The van der Waals surface area contributed by atoms with E-state index >= 15 is 0 Å². The number of hydrogen-bond acceptors (Lipinski definition) is 4. The monoisotopic (exact) mass is 278 g/mol. The molecule has 3 N–H and O–H groups in total. The summed E-state index contributed by atoms with van der Waals surface area (Å²) < 4.78 is 1.06. The van der Waals surface area contributed by atoms with Crippen molar-refractivity contribution in [3.63, 3.8) is 0 Å². The molecule has 0 radical (unpaired) electrons. The zero-order valence-electron chi connectivity index (χ0n) is 8.74. The van der Waals surface area contributed by atoms with Gasteiger partial charge in [0.15, 0.2) is 0 Å². The lowest BCUT2D eigenvalue weighted by Gasteiger charge is -2.09. The molecular weight excluding hydrogens is 268 g/mol. The molecule has 1 heterocycles. The minimum atomic E-state index is 0.449. The Kier molecular flexibility index (Phi) is 3.05. The zero-order chi connectivity index (χ0) is 11.5. The predicted molar refractivity (Wildman–Crippen MR) is 68.6 cm³/mol. The highest BCUT2D eigenvalue weighted by atomic mass is 79.9. The van der Waals surface area contributed by atoms with Crippen LogP contribution in [-0.4, -0.2) is 9.97 Å². The van der Waals surface area contributed by atoms with Gasteiger partial charge in [-0.1, -0.05) is 22.0 Å². The topological polar surface area (TPSA) is 63.8 Å². The summed E-state index contributed by atoms with van der Waals surface area (Å²) >= 11 is 3.48. The van der Waals surface area contributed by atoms with E-state index in [1.165, 1.54) is 6.33 Å². The maximum atomic E-state index is 5.58.